The third kappa shape index (κ3) is 4.71. The molecule has 0 aliphatic rings. The molecule has 0 aromatic heterocycles. The third-order valence-electron chi connectivity index (χ3n) is 3.15. The molecule has 118 valence electrons. The van der Waals surface area contributed by atoms with Crippen molar-refractivity contribution in [3.63, 3.8) is 0 Å². The third-order valence-corrected chi connectivity index (χ3v) is 3.15. The quantitative estimate of drug-likeness (QED) is 0.443. The number of rotatable bonds is 7. The summed E-state index contributed by atoms with van der Waals surface area (Å²) in [5.41, 5.74) is 1.20. The summed E-state index contributed by atoms with van der Waals surface area (Å²) in [5, 5.41) is 19.5. The first kappa shape index (κ1) is 16.3. The van der Waals surface area contributed by atoms with Gasteiger partial charge in [-0.3, -0.25) is 10.1 Å². The Morgan fingerprint density at radius 2 is 1.83 bits per heavy atom. The van der Waals surface area contributed by atoms with E-state index in [4.69, 9.17) is 14.7 Å². The standard InChI is InChI=1S/C17H16N2O4/c1-13-10-16(6-7-17(13)19(20)21)23-9-3-8-22-15-5-2-4-14(11-15)12-18/h2,4-7,10-11H,3,8-9H2,1H3. The Kier molecular flexibility index (Phi) is 5.53. The second kappa shape index (κ2) is 7.80. The second-order valence-corrected chi connectivity index (χ2v) is 4.90. The lowest BCUT2D eigenvalue weighted by Crippen LogP contribution is -2.05. The molecule has 2 aromatic carbocycles. The van der Waals surface area contributed by atoms with Gasteiger partial charge in [-0.2, -0.15) is 5.26 Å². The number of nitro groups is 1. The minimum absolute atomic E-state index is 0.0815. The first-order valence-electron chi connectivity index (χ1n) is 7.11. The molecule has 6 heteroatoms. The van der Waals surface area contributed by atoms with Gasteiger partial charge in [0.15, 0.2) is 0 Å². The van der Waals surface area contributed by atoms with Gasteiger partial charge in [-0.05, 0) is 37.3 Å². The van der Waals surface area contributed by atoms with Gasteiger partial charge in [-0.25, -0.2) is 0 Å². The molecule has 0 aliphatic carbocycles. The van der Waals surface area contributed by atoms with E-state index in [1.165, 1.54) is 6.07 Å². The van der Waals surface area contributed by atoms with Crippen LogP contribution >= 0.6 is 0 Å². The minimum Gasteiger partial charge on any atom is -0.493 e. The Bertz CT molecular complexity index is 738. The lowest BCUT2D eigenvalue weighted by atomic mass is 10.2. The number of nitrogens with zero attached hydrogens (tertiary/aromatic N) is 2. The lowest BCUT2D eigenvalue weighted by Gasteiger charge is -2.09. The first-order valence-corrected chi connectivity index (χ1v) is 7.11. The molecule has 0 bridgehead atoms. The zero-order chi connectivity index (χ0) is 16.7. The number of aryl methyl sites for hydroxylation is 1. The summed E-state index contributed by atoms with van der Waals surface area (Å²) in [6.07, 6.45) is 0.660. The molecule has 0 radical (unpaired) electrons. The molecule has 0 aliphatic heterocycles. The summed E-state index contributed by atoms with van der Waals surface area (Å²) < 4.78 is 11.1. The van der Waals surface area contributed by atoms with Crippen LogP contribution in [0.4, 0.5) is 5.69 Å². The molecule has 6 nitrogen and oxygen atoms in total. The Balaban J connectivity index is 1.76. The predicted molar refractivity (Wildman–Crippen MR) is 84.6 cm³/mol. The smallest absolute Gasteiger partial charge is 0.272 e. The van der Waals surface area contributed by atoms with E-state index in [0.717, 1.165) is 0 Å². The fourth-order valence-electron chi connectivity index (χ4n) is 2.02. The number of hydrogen-bond acceptors (Lipinski definition) is 5. The van der Waals surface area contributed by atoms with Gasteiger partial charge in [0.25, 0.3) is 5.69 Å². The maximum atomic E-state index is 10.7. The van der Waals surface area contributed by atoms with Crippen LogP contribution in [0.5, 0.6) is 11.5 Å². The van der Waals surface area contributed by atoms with Crippen LogP contribution in [0.3, 0.4) is 0 Å². The summed E-state index contributed by atoms with van der Waals surface area (Å²) in [7, 11) is 0. The average molecular weight is 312 g/mol. The topological polar surface area (TPSA) is 85.4 Å². The van der Waals surface area contributed by atoms with Gasteiger partial charge in [0, 0.05) is 18.1 Å². The van der Waals surface area contributed by atoms with Crippen LogP contribution in [0.15, 0.2) is 42.5 Å². The Morgan fingerprint density at radius 1 is 1.13 bits per heavy atom. The molecular formula is C17H16N2O4. The molecular weight excluding hydrogens is 296 g/mol. The van der Waals surface area contributed by atoms with Crippen LogP contribution in [-0.4, -0.2) is 18.1 Å². The monoisotopic (exact) mass is 312 g/mol. The summed E-state index contributed by atoms with van der Waals surface area (Å²) in [4.78, 5) is 10.3. The molecule has 0 spiro atoms. The van der Waals surface area contributed by atoms with Crippen LogP contribution in [0.1, 0.15) is 17.5 Å². The normalized spacial score (nSPS) is 9.91. The van der Waals surface area contributed by atoms with E-state index < -0.39 is 4.92 Å². The molecule has 0 atom stereocenters. The SMILES string of the molecule is Cc1cc(OCCCOc2cccc(C#N)c2)ccc1[N+](=O)[O-]. The van der Waals surface area contributed by atoms with E-state index in [2.05, 4.69) is 6.07 Å². The molecule has 0 saturated heterocycles. The summed E-state index contributed by atoms with van der Waals surface area (Å²) in [5.74, 6) is 1.25. The van der Waals surface area contributed by atoms with Gasteiger partial charge in [-0.15, -0.1) is 0 Å². The highest BCUT2D eigenvalue weighted by Gasteiger charge is 2.10. The number of nitriles is 1. The van der Waals surface area contributed by atoms with Crippen molar-refractivity contribution in [1.82, 2.24) is 0 Å². The molecule has 0 saturated carbocycles. The van der Waals surface area contributed by atoms with E-state index >= 15 is 0 Å². The fourth-order valence-corrected chi connectivity index (χ4v) is 2.02. The van der Waals surface area contributed by atoms with E-state index in [9.17, 15) is 10.1 Å². The molecule has 0 amide bonds. The highest BCUT2D eigenvalue weighted by Crippen LogP contribution is 2.23. The summed E-state index contributed by atoms with van der Waals surface area (Å²) in [6, 6.07) is 13.7. The lowest BCUT2D eigenvalue weighted by molar-refractivity contribution is -0.385. The van der Waals surface area contributed by atoms with E-state index in [1.54, 1.807) is 43.3 Å². The molecule has 0 N–H and O–H groups in total. The van der Waals surface area contributed by atoms with Crippen molar-refractivity contribution in [1.29, 1.82) is 5.26 Å². The number of benzene rings is 2. The summed E-state index contributed by atoms with van der Waals surface area (Å²) >= 11 is 0. The Labute approximate surface area is 134 Å². The summed E-state index contributed by atoms with van der Waals surface area (Å²) in [6.45, 7) is 2.58. The van der Waals surface area contributed by atoms with Crippen molar-refractivity contribution in [2.24, 2.45) is 0 Å². The molecule has 0 unspecified atom stereocenters. The highest BCUT2D eigenvalue weighted by molar-refractivity contribution is 5.44. The molecule has 0 heterocycles. The zero-order valence-electron chi connectivity index (χ0n) is 12.7. The Hall–Kier alpha value is -3.07. The van der Waals surface area contributed by atoms with Crippen molar-refractivity contribution in [3.8, 4) is 17.6 Å². The van der Waals surface area contributed by atoms with Crippen LogP contribution in [-0.2, 0) is 0 Å². The number of ether oxygens (including phenoxy) is 2. The van der Waals surface area contributed by atoms with Crippen molar-refractivity contribution in [2.45, 2.75) is 13.3 Å². The van der Waals surface area contributed by atoms with Gasteiger partial charge in [0.1, 0.15) is 11.5 Å². The van der Waals surface area contributed by atoms with Gasteiger partial charge in [0.05, 0.1) is 29.8 Å². The van der Waals surface area contributed by atoms with Gasteiger partial charge >= 0.3 is 0 Å². The van der Waals surface area contributed by atoms with Crippen LogP contribution in [0.25, 0.3) is 0 Å². The molecule has 2 rings (SSSR count). The van der Waals surface area contributed by atoms with E-state index in [-0.39, 0.29) is 5.69 Å². The molecule has 23 heavy (non-hydrogen) atoms. The van der Waals surface area contributed by atoms with Crippen molar-refractivity contribution in [2.75, 3.05) is 13.2 Å². The average Bonchev–Trinajstić information content (AvgIpc) is 2.54. The van der Waals surface area contributed by atoms with Crippen molar-refractivity contribution >= 4 is 5.69 Å². The number of hydrogen-bond donors (Lipinski definition) is 0. The largest absolute Gasteiger partial charge is 0.493 e. The van der Waals surface area contributed by atoms with E-state index in [0.29, 0.717) is 42.3 Å². The highest BCUT2D eigenvalue weighted by atomic mass is 16.6. The van der Waals surface area contributed by atoms with Crippen molar-refractivity contribution in [3.05, 3.63) is 63.7 Å². The molecule has 0 fully saturated rings. The minimum atomic E-state index is -0.414. The van der Waals surface area contributed by atoms with Crippen LogP contribution in [0.2, 0.25) is 0 Å². The fraction of sp³-hybridized carbons (Fsp3) is 0.235. The molecule has 2 aromatic rings. The maximum absolute atomic E-state index is 10.7. The van der Waals surface area contributed by atoms with Crippen LogP contribution < -0.4 is 9.47 Å². The predicted octanol–water partition coefficient (Wildman–Crippen LogP) is 3.62. The Morgan fingerprint density at radius 3 is 2.43 bits per heavy atom. The van der Waals surface area contributed by atoms with Gasteiger partial charge in [-0.1, -0.05) is 6.07 Å². The maximum Gasteiger partial charge on any atom is 0.272 e. The first-order chi connectivity index (χ1) is 11.1. The van der Waals surface area contributed by atoms with Crippen molar-refractivity contribution < 1.29 is 14.4 Å². The van der Waals surface area contributed by atoms with E-state index in [1.807, 2.05) is 0 Å². The number of nitro benzene ring substituents is 1. The van der Waals surface area contributed by atoms with Gasteiger partial charge in [0.2, 0.25) is 0 Å². The second-order valence-electron chi connectivity index (χ2n) is 4.90. The van der Waals surface area contributed by atoms with Crippen LogP contribution in [0, 0.1) is 28.4 Å². The zero-order valence-corrected chi connectivity index (χ0v) is 12.7. The van der Waals surface area contributed by atoms with Gasteiger partial charge < -0.3 is 9.47 Å².